The molecule has 0 radical (unpaired) electrons. The molecule has 0 saturated carbocycles. The fourth-order valence-electron chi connectivity index (χ4n) is 2.77. The molecule has 0 aromatic heterocycles. The second kappa shape index (κ2) is 6.62. The number of hydrogen-bond acceptors (Lipinski definition) is 4. The highest BCUT2D eigenvalue weighted by atomic mass is 32.2. The van der Waals surface area contributed by atoms with Gasteiger partial charge in [0.05, 0.1) is 12.4 Å². The minimum Gasteiger partial charge on any atom is -0.326 e. The summed E-state index contributed by atoms with van der Waals surface area (Å²) >= 11 is 1.74. The van der Waals surface area contributed by atoms with Crippen LogP contribution in [0.3, 0.4) is 0 Å². The first-order chi connectivity index (χ1) is 11.1. The average molecular weight is 333 g/mol. The monoisotopic (exact) mass is 333 g/mol. The number of carbonyl (C=O) groups excluding carboxylic acids is 3. The van der Waals surface area contributed by atoms with E-state index in [-0.39, 0.29) is 37.1 Å². The Morgan fingerprint density at radius 2 is 1.91 bits per heavy atom. The average Bonchev–Trinajstić information content (AvgIpc) is 2.91. The Morgan fingerprint density at radius 3 is 2.65 bits per heavy atom. The van der Waals surface area contributed by atoms with E-state index in [1.807, 2.05) is 24.3 Å². The quantitative estimate of drug-likeness (QED) is 0.833. The van der Waals surface area contributed by atoms with Crippen LogP contribution in [0, 0.1) is 0 Å². The van der Waals surface area contributed by atoms with Crippen molar-refractivity contribution in [2.75, 3.05) is 37.5 Å². The summed E-state index contributed by atoms with van der Waals surface area (Å²) in [6.07, 6.45) is 0.317. The van der Waals surface area contributed by atoms with Gasteiger partial charge in [-0.3, -0.25) is 14.4 Å². The van der Waals surface area contributed by atoms with Crippen LogP contribution in [0.1, 0.15) is 12.8 Å². The van der Waals surface area contributed by atoms with Gasteiger partial charge in [0, 0.05) is 37.1 Å². The van der Waals surface area contributed by atoms with Crippen LogP contribution < -0.4 is 4.90 Å². The molecule has 3 rings (SSSR count). The maximum absolute atomic E-state index is 12.5. The molecule has 1 saturated heterocycles. The summed E-state index contributed by atoms with van der Waals surface area (Å²) < 4.78 is 0. The number of carbonyl (C=O) groups is 3. The second-order valence-electron chi connectivity index (χ2n) is 5.69. The lowest BCUT2D eigenvalue weighted by Crippen LogP contribution is -2.37. The van der Waals surface area contributed by atoms with Crippen molar-refractivity contribution in [2.45, 2.75) is 17.7 Å². The van der Waals surface area contributed by atoms with Crippen LogP contribution in [0.25, 0.3) is 0 Å². The predicted molar refractivity (Wildman–Crippen MR) is 88.1 cm³/mol. The standard InChI is InChI=1S/C16H19N3O3S/c1-17-11-18(10-16(17)22)14(20)6-7-15(21)19-8-9-23-13-5-3-2-4-12(13)19/h2-5H,6-11H2,1H3. The lowest BCUT2D eigenvalue weighted by molar-refractivity contribution is -0.133. The topological polar surface area (TPSA) is 60.9 Å². The third kappa shape index (κ3) is 3.34. The molecule has 1 aromatic carbocycles. The zero-order valence-corrected chi connectivity index (χ0v) is 13.8. The van der Waals surface area contributed by atoms with Gasteiger partial charge in [-0.05, 0) is 12.1 Å². The molecule has 6 nitrogen and oxygen atoms in total. The van der Waals surface area contributed by atoms with Crippen LogP contribution in [-0.2, 0) is 14.4 Å². The fourth-order valence-corrected chi connectivity index (χ4v) is 3.77. The molecule has 0 bridgehead atoms. The number of rotatable bonds is 3. The Bertz CT molecular complexity index is 649. The number of fused-ring (bicyclic) bond motifs is 1. The molecule has 2 aliphatic rings. The predicted octanol–water partition coefficient (Wildman–Crippen LogP) is 1.16. The molecule has 0 unspecified atom stereocenters. The van der Waals surface area contributed by atoms with E-state index in [0.717, 1.165) is 16.3 Å². The van der Waals surface area contributed by atoms with Gasteiger partial charge in [0.1, 0.15) is 6.54 Å². The van der Waals surface area contributed by atoms with E-state index in [1.165, 1.54) is 9.80 Å². The lowest BCUT2D eigenvalue weighted by atomic mass is 10.2. The molecule has 3 amide bonds. The third-order valence-corrected chi connectivity index (χ3v) is 5.11. The van der Waals surface area contributed by atoms with Crippen LogP contribution in [0.2, 0.25) is 0 Å². The Labute approximate surface area is 139 Å². The summed E-state index contributed by atoms with van der Waals surface area (Å²) in [5.41, 5.74) is 0.928. The van der Waals surface area contributed by atoms with Gasteiger partial charge in [-0.2, -0.15) is 0 Å². The summed E-state index contributed by atoms with van der Waals surface area (Å²) in [7, 11) is 1.67. The number of likely N-dealkylation sites (N-methyl/N-ethyl adjacent to an activating group) is 1. The number of benzene rings is 1. The first kappa shape index (κ1) is 15.9. The largest absolute Gasteiger partial charge is 0.326 e. The van der Waals surface area contributed by atoms with Gasteiger partial charge >= 0.3 is 0 Å². The maximum Gasteiger partial charge on any atom is 0.243 e. The first-order valence-electron chi connectivity index (χ1n) is 7.60. The number of nitrogens with zero attached hydrogens (tertiary/aromatic N) is 3. The van der Waals surface area contributed by atoms with E-state index in [1.54, 1.807) is 23.7 Å². The van der Waals surface area contributed by atoms with Gasteiger partial charge in [0.25, 0.3) is 0 Å². The van der Waals surface area contributed by atoms with Crippen molar-refractivity contribution < 1.29 is 14.4 Å². The van der Waals surface area contributed by atoms with E-state index in [2.05, 4.69) is 0 Å². The molecule has 2 aliphatic heterocycles. The number of para-hydroxylation sites is 1. The van der Waals surface area contributed by atoms with Crippen LogP contribution in [0.5, 0.6) is 0 Å². The van der Waals surface area contributed by atoms with E-state index in [9.17, 15) is 14.4 Å². The Kier molecular flexibility index (Phi) is 4.56. The molecule has 1 aromatic rings. The minimum atomic E-state index is -0.143. The molecule has 23 heavy (non-hydrogen) atoms. The Morgan fingerprint density at radius 1 is 1.17 bits per heavy atom. The SMILES string of the molecule is CN1CN(C(=O)CCC(=O)N2CCSc3ccccc32)CC1=O. The van der Waals surface area contributed by atoms with Gasteiger partial charge in [-0.25, -0.2) is 0 Å². The van der Waals surface area contributed by atoms with Crippen LogP contribution in [-0.4, -0.2) is 60.1 Å². The van der Waals surface area contributed by atoms with Crippen molar-refractivity contribution in [2.24, 2.45) is 0 Å². The molecule has 0 aliphatic carbocycles. The number of hydrogen-bond donors (Lipinski definition) is 0. The van der Waals surface area contributed by atoms with Gasteiger partial charge < -0.3 is 14.7 Å². The molecule has 122 valence electrons. The second-order valence-corrected chi connectivity index (χ2v) is 6.82. The number of thioether (sulfide) groups is 1. The molecule has 0 atom stereocenters. The van der Waals surface area contributed by atoms with E-state index in [4.69, 9.17) is 0 Å². The van der Waals surface area contributed by atoms with Crippen molar-refractivity contribution in [1.29, 1.82) is 0 Å². The molecule has 1 fully saturated rings. The maximum atomic E-state index is 12.5. The normalized spacial score (nSPS) is 17.4. The summed E-state index contributed by atoms with van der Waals surface area (Å²) in [4.78, 5) is 42.0. The molecule has 7 heteroatoms. The highest BCUT2D eigenvalue weighted by Gasteiger charge is 2.29. The van der Waals surface area contributed by atoms with Gasteiger partial charge in [0.15, 0.2) is 0 Å². The summed E-state index contributed by atoms with van der Waals surface area (Å²) in [5, 5.41) is 0. The lowest BCUT2D eigenvalue weighted by Gasteiger charge is -2.29. The van der Waals surface area contributed by atoms with Crippen molar-refractivity contribution in [3.8, 4) is 0 Å². The molecular weight excluding hydrogens is 314 g/mol. The third-order valence-electron chi connectivity index (χ3n) is 4.07. The summed E-state index contributed by atoms with van der Waals surface area (Å²) in [6, 6.07) is 7.83. The van der Waals surface area contributed by atoms with Crippen molar-refractivity contribution in [3.05, 3.63) is 24.3 Å². The zero-order chi connectivity index (χ0) is 16.4. The van der Waals surface area contributed by atoms with E-state index in [0.29, 0.717) is 13.2 Å². The van der Waals surface area contributed by atoms with E-state index < -0.39 is 0 Å². The summed E-state index contributed by atoms with van der Waals surface area (Å²) in [5.74, 6) is 0.620. The number of anilines is 1. The Balaban J connectivity index is 1.58. The van der Waals surface area contributed by atoms with Gasteiger partial charge in [0.2, 0.25) is 17.7 Å². The smallest absolute Gasteiger partial charge is 0.243 e. The molecular formula is C16H19N3O3S. The fraction of sp³-hybridized carbons (Fsp3) is 0.438. The van der Waals surface area contributed by atoms with Crippen LogP contribution >= 0.6 is 11.8 Å². The highest BCUT2D eigenvalue weighted by Crippen LogP contribution is 2.34. The highest BCUT2D eigenvalue weighted by molar-refractivity contribution is 7.99. The Hall–Kier alpha value is -2.02. The first-order valence-corrected chi connectivity index (χ1v) is 8.59. The van der Waals surface area contributed by atoms with Crippen molar-refractivity contribution in [3.63, 3.8) is 0 Å². The van der Waals surface area contributed by atoms with Crippen LogP contribution in [0.4, 0.5) is 5.69 Å². The molecule has 0 spiro atoms. The molecule has 0 N–H and O–H groups in total. The molecule has 2 heterocycles. The number of amides is 3. The minimum absolute atomic E-state index is 0.0371. The van der Waals surface area contributed by atoms with Crippen LogP contribution in [0.15, 0.2) is 29.2 Å². The van der Waals surface area contributed by atoms with Crippen molar-refractivity contribution in [1.82, 2.24) is 9.80 Å². The summed E-state index contributed by atoms with van der Waals surface area (Å²) in [6.45, 7) is 1.10. The van der Waals surface area contributed by atoms with Crippen molar-refractivity contribution >= 4 is 35.2 Å². The van der Waals surface area contributed by atoms with E-state index >= 15 is 0 Å². The van der Waals surface area contributed by atoms with Gasteiger partial charge in [-0.15, -0.1) is 11.8 Å². The zero-order valence-electron chi connectivity index (χ0n) is 13.0. The van der Waals surface area contributed by atoms with Gasteiger partial charge in [-0.1, -0.05) is 12.1 Å².